The number of ether oxygens (including phenoxy) is 1. The summed E-state index contributed by atoms with van der Waals surface area (Å²) >= 11 is 4.97. The monoisotopic (exact) mass is 329 g/mol. The Morgan fingerprint density at radius 3 is 2.26 bits per heavy atom. The Labute approximate surface area is 138 Å². The Morgan fingerprint density at radius 1 is 0.913 bits per heavy atom. The first-order valence-corrected chi connectivity index (χ1v) is 7.12. The van der Waals surface area contributed by atoms with E-state index in [0.717, 1.165) is 0 Å². The molecule has 0 spiro atoms. The van der Waals surface area contributed by atoms with Gasteiger partial charge < -0.3 is 4.74 Å². The lowest BCUT2D eigenvalue weighted by molar-refractivity contribution is 0.0932. The van der Waals surface area contributed by atoms with Crippen molar-refractivity contribution in [1.29, 1.82) is 0 Å². The number of rotatable bonds is 3. The molecule has 0 saturated heterocycles. The van der Waals surface area contributed by atoms with Crippen molar-refractivity contribution in [2.75, 3.05) is 7.11 Å². The van der Waals surface area contributed by atoms with Gasteiger partial charge >= 0.3 is 0 Å². The SMILES string of the molecule is COc1ccccc1C(=O)NNC(=S)NC(=O)c1ccccc1. The van der Waals surface area contributed by atoms with Crippen molar-refractivity contribution >= 4 is 29.1 Å². The van der Waals surface area contributed by atoms with E-state index >= 15 is 0 Å². The van der Waals surface area contributed by atoms with Gasteiger partial charge in [-0.2, -0.15) is 0 Å². The molecule has 23 heavy (non-hydrogen) atoms. The summed E-state index contributed by atoms with van der Waals surface area (Å²) in [5.41, 5.74) is 5.70. The third kappa shape index (κ3) is 4.52. The average molecular weight is 329 g/mol. The highest BCUT2D eigenvalue weighted by Gasteiger charge is 2.12. The van der Waals surface area contributed by atoms with Crippen LogP contribution in [0.15, 0.2) is 54.6 Å². The Balaban J connectivity index is 1.89. The smallest absolute Gasteiger partial charge is 0.273 e. The van der Waals surface area contributed by atoms with E-state index in [1.807, 2.05) is 0 Å². The molecule has 2 rings (SSSR count). The molecule has 6 nitrogen and oxygen atoms in total. The third-order valence-corrected chi connectivity index (χ3v) is 3.11. The second-order valence-corrected chi connectivity index (χ2v) is 4.84. The van der Waals surface area contributed by atoms with Crippen LogP contribution in [0.5, 0.6) is 5.75 Å². The van der Waals surface area contributed by atoms with Crippen LogP contribution in [0.2, 0.25) is 0 Å². The van der Waals surface area contributed by atoms with Crippen molar-refractivity contribution in [1.82, 2.24) is 16.2 Å². The van der Waals surface area contributed by atoms with Crippen LogP contribution in [0.1, 0.15) is 20.7 Å². The van der Waals surface area contributed by atoms with Crippen LogP contribution < -0.4 is 20.9 Å². The van der Waals surface area contributed by atoms with Gasteiger partial charge in [0, 0.05) is 5.56 Å². The summed E-state index contributed by atoms with van der Waals surface area (Å²) in [7, 11) is 1.48. The molecule has 0 unspecified atom stereocenters. The van der Waals surface area contributed by atoms with Crippen LogP contribution in [-0.2, 0) is 0 Å². The second-order valence-electron chi connectivity index (χ2n) is 4.43. The average Bonchev–Trinajstić information content (AvgIpc) is 2.60. The van der Waals surface area contributed by atoms with Gasteiger partial charge in [0.05, 0.1) is 12.7 Å². The molecular formula is C16H15N3O3S. The van der Waals surface area contributed by atoms with Crippen molar-refractivity contribution < 1.29 is 14.3 Å². The van der Waals surface area contributed by atoms with Crippen molar-refractivity contribution in [2.24, 2.45) is 0 Å². The molecule has 0 bridgehead atoms. The Bertz CT molecular complexity index is 720. The van der Waals surface area contributed by atoms with Gasteiger partial charge in [-0.15, -0.1) is 0 Å². The lowest BCUT2D eigenvalue weighted by atomic mass is 10.2. The normalized spacial score (nSPS) is 9.61. The van der Waals surface area contributed by atoms with Gasteiger partial charge in [-0.1, -0.05) is 30.3 Å². The van der Waals surface area contributed by atoms with Gasteiger partial charge in [-0.25, -0.2) is 0 Å². The quantitative estimate of drug-likeness (QED) is 0.589. The minimum Gasteiger partial charge on any atom is -0.496 e. The standard InChI is InChI=1S/C16H15N3O3S/c1-22-13-10-6-5-9-12(13)15(21)18-19-16(23)17-14(20)11-7-3-2-4-8-11/h2-10H,1H3,(H,18,21)(H2,17,19,20,23). The number of amides is 2. The number of nitrogens with one attached hydrogen (secondary N) is 3. The number of carbonyl (C=O) groups is 2. The van der Waals surface area contributed by atoms with E-state index in [0.29, 0.717) is 16.9 Å². The van der Waals surface area contributed by atoms with E-state index in [2.05, 4.69) is 16.2 Å². The summed E-state index contributed by atoms with van der Waals surface area (Å²) in [6.07, 6.45) is 0. The van der Waals surface area contributed by atoms with Gasteiger partial charge in [0.2, 0.25) is 0 Å². The number of para-hydroxylation sites is 1. The van der Waals surface area contributed by atoms with Crippen LogP contribution in [0.4, 0.5) is 0 Å². The highest BCUT2D eigenvalue weighted by molar-refractivity contribution is 7.80. The van der Waals surface area contributed by atoms with E-state index in [-0.39, 0.29) is 11.0 Å². The first-order valence-electron chi connectivity index (χ1n) is 6.71. The topological polar surface area (TPSA) is 79.5 Å². The van der Waals surface area contributed by atoms with Crippen LogP contribution >= 0.6 is 12.2 Å². The molecule has 0 saturated carbocycles. The molecule has 118 valence electrons. The fourth-order valence-corrected chi connectivity index (χ4v) is 1.95. The van der Waals surface area contributed by atoms with E-state index in [9.17, 15) is 9.59 Å². The van der Waals surface area contributed by atoms with Crippen molar-refractivity contribution in [2.45, 2.75) is 0 Å². The zero-order valence-electron chi connectivity index (χ0n) is 12.3. The van der Waals surface area contributed by atoms with E-state index in [1.165, 1.54) is 7.11 Å². The molecule has 0 atom stereocenters. The molecule has 0 aliphatic heterocycles. The second kappa shape index (κ2) is 7.90. The lowest BCUT2D eigenvalue weighted by Crippen LogP contribution is -2.48. The van der Waals surface area contributed by atoms with Gasteiger partial charge in [0.15, 0.2) is 5.11 Å². The number of hydrogen-bond acceptors (Lipinski definition) is 4. The molecule has 0 heterocycles. The number of carbonyl (C=O) groups excluding carboxylic acids is 2. The molecule has 0 fully saturated rings. The molecule has 3 N–H and O–H groups in total. The highest BCUT2D eigenvalue weighted by Crippen LogP contribution is 2.16. The molecule has 0 aliphatic carbocycles. The molecule has 7 heteroatoms. The fraction of sp³-hybridized carbons (Fsp3) is 0.0625. The Hall–Kier alpha value is -2.93. The first kappa shape index (κ1) is 16.4. The van der Waals surface area contributed by atoms with Gasteiger partial charge in [0.1, 0.15) is 5.75 Å². The molecule has 0 radical (unpaired) electrons. The van der Waals surface area contributed by atoms with Gasteiger partial charge in [-0.3, -0.25) is 25.8 Å². The van der Waals surface area contributed by atoms with Crippen LogP contribution in [-0.4, -0.2) is 24.0 Å². The molecule has 2 aromatic rings. The summed E-state index contributed by atoms with van der Waals surface area (Å²) in [5.74, 6) is -0.362. The van der Waals surface area contributed by atoms with Crippen LogP contribution in [0.25, 0.3) is 0 Å². The molecular weight excluding hydrogens is 314 g/mol. The number of methoxy groups -OCH3 is 1. The number of hydrogen-bond donors (Lipinski definition) is 3. The van der Waals surface area contributed by atoms with Gasteiger partial charge in [-0.05, 0) is 36.5 Å². The largest absolute Gasteiger partial charge is 0.496 e. The minimum atomic E-state index is -0.432. The maximum atomic E-state index is 12.1. The number of thiocarbonyl (C=S) groups is 1. The van der Waals surface area contributed by atoms with E-state index < -0.39 is 5.91 Å². The maximum absolute atomic E-state index is 12.1. The summed E-state index contributed by atoms with van der Waals surface area (Å²) in [6, 6.07) is 15.4. The first-order chi connectivity index (χ1) is 11.1. The minimum absolute atomic E-state index is 0.0119. The summed E-state index contributed by atoms with van der Waals surface area (Å²) in [4.78, 5) is 24.0. The van der Waals surface area contributed by atoms with Crippen LogP contribution in [0.3, 0.4) is 0 Å². The van der Waals surface area contributed by atoms with Crippen molar-refractivity contribution in [3.8, 4) is 5.75 Å². The zero-order chi connectivity index (χ0) is 16.7. The summed E-state index contributed by atoms with van der Waals surface area (Å²) in [6.45, 7) is 0. The number of benzene rings is 2. The van der Waals surface area contributed by atoms with E-state index in [4.69, 9.17) is 17.0 Å². The molecule has 0 aliphatic rings. The Morgan fingerprint density at radius 2 is 1.57 bits per heavy atom. The summed E-state index contributed by atoms with van der Waals surface area (Å²) in [5, 5.41) is 2.46. The predicted molar refractivity (Wildman–Crippen MR) is 90.1 cm³/mol. The lowest BCUT2D eigenvalue weighted by Gasteiger charge is -2.12. The fourth-order valence-electron chi connectivity index (χ4n) is 1.81. The molecule has 2 amide bonds. The zero-order valence-corrected chi connectivity index (χ0v) is 13.1. The van der Waals surface area contributed by atoms with Crippen molar-refractivity contribution in [3.05, 3.63) is 65.7 Å². The highest BCUT2D eigenvalue weighted by atomic mass is 32.1. The van der Waals surface area contributed by atoms with Crippen LogP contribution in [0, 0.1) is 0 Å². The number of hydrazine groups is 1. The third-order valence-electron chi connectivity index (χ3n) is 2.90. The van der Waals surface area contributed by atoms with E-state index in [1.54, 1.807) is 54.6 Å². The molecule has 0 aromatic heterocycles. The van der Waals surface area contributed by atoms with Gasteiger partial charge in [0.25, 0.3) is 11.8 Å². The summed E-state index contributed by atoms with van der Waals surface area (Å²) < 4.78 is 5.10. The Kier molecular flexibility index (Phi) is 5.65. The van der Waals surface area contributed by atoms with Crippen molar-refractivity contribution in [3.63, 3.8) is 0 Å². The predicted octanol–water partition coefficient (Wildman–Crippen LogP) is 1.64. The maximum Gasteiger partial charge on any atom is 0.273 e. The molecule has 2 aromatic carbocycles.